The molecule has 10 heavy (non-hydrogen) atoms. The normalized spacial score (nSPS) is 26.1. The molecule has 0 saturated carbocycles. The van der Waals surface area contributed by atoms with E-state index in [-0.39, 0.29) is 57.8 Å². The molecular weight excluding hydrogens is 170 g/mol. The van der Waals surface area contributed by atoms with Crippen molar-refractivity contribution < 1.29 is 64.6 Å². The molecule has 1 rings (SSSR count). The summed E-state index contributed by atoms with van der Waals surface area (Å²) in [5.74, 6) is 0. The minimum Gasteiger partial charge on any atom is -0.652 e. The number of nitrogens with zero attached hydrogens (tertiary/aromatic N) is 1. The maximum atomic E-state index is 11.7. The summed E-state index contributed by atoms with van der Waals surface area (Å²) >= 11 is 0. The average molecular weight is 177 g/mol. The van der Waals surface area contributed by atoms with Crippen molar-refractivity contribution in [2.45, 2.75) is 25.1 Å². The monoisotopic (exact) mass is 177 g/mol. The zero-order valence-corrected chi connectivity index (χ0v) is 8.90. The van der Waals surface area contributed by atoms with Crippen LogP contribution in [-0.2, 0) is 0 Å². The Morgan fingerprint density at radius 2 is 1.90 bits per heavy atom. The van der Waals surface area contributed by atoms with Crippen LogP contribution in [0.2, 0.25) is 0 Å². The minimum atomic E-state index is -4.09. The van der Waals surface area contributed by atoms with Crippen LogP contribution in [0.3, 0.4) is 0 Å². The topological polar surface area (TPSA) is 14.1 Å². The molecule has 1 atom stereocenters. The summed E-state index contributed by atoms with van der Waals surface area (Å²) in [6.07, 6.45) is -3.32. The van der Waals surface area contributed by atoms with Crippen LogP contribution in [0.25, 0.3) is 5.32 Å². The Hall–Kier alpha value is 1.39. The smallest absolute Gasteiger partial charge is 0.652 e. The molecule has 1 aliphatic rings. The van der Waals surface area contributed by atoms with Crippen LogP contribution in [-0.4, -0.2) is 18.8 Å². The largest absolute Gasteiger partial charge is 1.00 e. The van der Waals surface area contributed by atoms with Crippen molar-refractivity contribution in [3.63, 3.8) is 0 Å². The maximum Gasteiger partial charge on any atom is 1.00 e. The second-order valence-corrected chi connectivity index (χ2v) is 2.11. The summed E-state index contributed by atoms with van der Waals surface area (Å²) < 4.78 is 35.0. The van der Waals surface area contributed by atoms with Crippen molar-refractivity contribution in [1.29, 1.82) is 0 Å². The molecule has 0 aromatic carbocycles. The quantitative estimate of drug-likeness (QED) is 0.425. The first-order valence-corrected chi connectivity index (χ1v) is 2.84. The van der Waals surface area contributed by atoms with Gasteiger partial charge in [0, 0.05) is 0 Å². The van der Waals surface area contributed by atoms with Crippen molar-refractivity contribution in [1.82, 2.24) is 0 Å². The average Bonchev–Trinajstić information content (AvgIpc) is 2.08. The van der Waals surface area contributed by atoms with Gasteiger partial charge in [0.15, 0.2) is 0 Å². The molecule has 0 bridgehead atoms. The number of hydrogen-bond acceptors (Lipinski definition) is 0. The Balaban J connectivity index is 0.000000810. The van der Waals surface area contributed by atoms with Gasteiger partial charge in [-0.3, -0.25) is 0 Å². The summed E-state index contributed by atoms with van der Waals surface area (Å²) in [5.41, 5.74) is 0. The van der Waals surface area contributed by atoms with Crippen molar-refractivity contribution in [2.24, 2.45) is 0 Å². The summed E-state index contributed by atoms with van der Waals surface area (Å²) in [7, 11) is 0. The molecule has 1 unspecified atom stereocenters. The van der Waals surface area contributed by atoms with Crippen LogP contribution in [0.1, 0.15) is 12.8 Å². The third-order valence-electron chi connectivity index (χ3n) is 1.36. The van der Waals surface area contributed by atoms with E-state index in [1.165, 1.54) is 0 Å². The van der Waals surface area contributed by atoms with Crippen LogP contribution in [0, 0.1) is 0 Å². The molecule has 0 N–H and O–H groups in total. The molecule has 0 amide bonds. The van der Waals surface area contributed by atoms with Gasteiger partial charge in [-0.1, -0.05) is 12.8 Å². The fraction of sp³-hybridized carbons (Fsp3) is 1.00. The molecule has 1 fully saturated rings. The molecule has 0 aliphatic carbocycles. The van der Waals surface area contributed by atoms with E-state index in [1.807, 2.05) is 0 Å². The van der Waals surface area contributed by atoms with Gasteiger partial charge in [-0.2, -0.15) is 13.2 Å². The van der Waals surface area contributed by atoms with E-state index < -0.39 is 12.2 Å². The molecule has 0 radical (unpaired) electrons. The molecule has 1 aliphatic heterocycles. The van der Waals surface area contributed by atoms with Gasteiger partial charge in [0.2, 0.25) is 0 Å². The van der Waals surface area contributed by atoms with Crippen LogP contribution in [0.5, 0.6) is 0 Å². The first-order chi connectivity index (χ1) is 4.11. The number of halogens is 3. The van der Waals surface area contributed by atoms with Gasteiger partial charge in [-0.15, -0.1) is 6.54 Å². The van der Waals surface area contributed by atoms with Gasteiger partial charge in [0.25, 0.3) is 0 Å². The van der Waals surface area contributed by atoms with Crippen molar-refractivity contribution in [3.05, 3.63) is 5.32 Å². The van der Waals surface area contributed by atoms with E-state index in [2.05, 4.69) is 5.32 Å². The van der Waals surface area contributed by atoms with E-state index in [4.69, 9.17) is 0 Å². The zero-order chi connectivity index (χ0) is 6.91. The van der Waals surface area contributed by atoms with Crippen LogP contribution >= 0.6 is 0 Å². The summed E-state index contributed by atoms with van der Waals surface area (Å²) in [6.45, 7) is 0.379. The Morgan fingerprint density at radius 3 is 2.10 bits per heavy atom. The second-order valence-electron chi connectivity index (χ2n) is 2.11. The number of alkyl halides is 3. The zero-order valence-electron chi connectivity index (χ0n) is 5.78. The Kier molecular flexibility index (Phi) is 5.03. The van der Waals surface area contributed by atoms with Crippen LogP contribution in [0.4, 0.5) is 13.2 Å². The van der Waals surface area contributed by atoms with E-state index in [1.54, 1.807) is 0 Å². The molecule has 5 heteroatoms. The molecule has 0 aromatic rings. The molecule has 0 spiro atoms. The van der Waals surface area contributed by atoms with Gasteiger partial charge >= 0.3 is 57.6 Å². The van der Waals surface area contributed by atoms with Crippen LogP contribution in [0.15, 0.2) is 0 Å². The molecule has 1 nitrogen and oxygen atoms in total. The van der Waals surface area contributed by atoms with Crippen LogP contribution < -0.4 is 51.4 Å². The fourth-order valence-electron chi connectivity index (χ4n) is 0.890. The Bertz CT molecular complexity index is 97.6. The Morgan fingerprint density at radius 1 is 1.30 bits per heavy atom. The predicted octanol–water partition coefficient (Wildman–Crippen LogP) is -0.911. The van der Waals surface area contributed by atoms with Gasteiger partial charge in [-0.25, -0.2) is 0 Å². The predicted molar refractivity (Wildman–Crippen MR) is 27.3 cm³/mol. The van der Waals surface area contributed by atoms with Crippen molar-refractivity contribution >= 4 is 0 Å². The number of hydrogen-bond donors (Lipinski definition) is 0. The molecule has 54 valence electrons. The van der Waals surface area contributed by atoms with Gasteiger partial charge in [0.05, 0.1) is 0 Å². The standard InChI is InChI=1S/C5H7F3N.K/c6-5(7,8)4-2-1-3-9-4;/h4H,1-3H2;/q-1;+1. The number of rotatable bonds is 0. The van der Waals surface area contributed by atoms with Crippen molar-refractivity contribution in [2.75, 3.05) is 6.54 Å². The summed E-state index contributed by atoms with van der Waals surface area (Å²) in [6, 6.07) is -1.36. The first-order valence-electron chi connectivity index (χ1n) is 2.84. The maximum absolute atomic E-state index is 11.7. The molecule has 1 heterocycles. The minimum absolute atomic E-state index is 0. The fourth-order valence-corrected chi connectivity index (χ4v) is 0.890. The van der Waals surface area contributed by atoms with Gasteiger partial charge < -0.3 is 5.32 Å². The molecule has 0 aromatic heterocycles. The third-order valence-corrected chi connectivity index (χ3v) is 1.36. The van der Waals surface area contributed by atoms with E-state index in [0.29, 0.717) is 13.0 Å². The summed E-state index contributed by atoms with van der Waals surface area (Å²) in [5, 5.41) is 3.38. The van der Waals surface area contributed by atoms with Gasteiger partial charge in [0.1, 0.15) is 0 Å². The van der Waals surface area contributed by atoms with Crippen molar-refractivity contribution in [3.8, 4) is 0 Å². The van der Waals surface area contributed by atoms with Gasteiger partial charge in [-0.05, 0) is 6.04 Å². The van der Waals surface area contributed by atoms with E-state index in [9.17, 15) is 13.2 Å². The van der Waals surface area contributed by atoms with E-state index in [0.717, 1.165) is 0 Å². The SMILES string of the molecule is FC(F)(F)C1CCC[N-]1.[K+]. The third kappa shape index (κ3) is 3.19. The van der Waals surface area contributed by atoms with E-state index >= 15 is 0 Å². The second kappa shape index (κ2) is 4.42. The Labute approximate surface area is 100 Å². The summed E-state index contributed by atoms with van der Waals surface area (Å²) in [4.78, 5) is 0. The molecular formula is C5H7F3KN. The first kappa shape index (κ1) is 11.4. The molecule has 1 saturated heterocycles.